The summed E-state index contributed by atoms with van der Waals surface area (Å²) in [5.41, 5.74) is 3.26. The molecule has 0 amide bonds. The van der Waals surface area contributed by atoms with Crippen LogP contribution in [0.3, 0.4) is 0 Å². The maximum absolute atomic E-state index is 5.03. The lowest BCUT2D eigenvalue weighted by Crippen LogP contribution is -2.35. The number of methoxy groups -OCH3 is 1. The van der Waals surface area contributed by atoms with Gasteiger partial charge in [-0.25, -0.2) is 15.0 Å². The van der Waals surface area contributed by atoms with Gasteiger partial charge < -0.3 is 10.2 Å². The highest BCUT2D eigenvalue weighted by Crippen LogP contribution is 2.13. The molecule has 1 saturated heterocycles. The van der Waals surface area contributed by atoms with E-state index in [1.54, 1.807) is 13.2 Å². The molecule has 0 spiro atoms. The number of aromatic nitrogens is 2. The molecule has 0 saturated carbocycles. The van der Waals surface area contributed by atoms with Crippen molar-refractivity contribution in [2.45, 2.75) is 19.3 Å². The zero-order valence-electron chi connectivity index (χ0n) is 8.94. The second-order valence-corrected chi connectivity index (χ2v) is 3.61. The molecule has 5 heteroatoms. The molecule has 1 fully saturated rings. The Labute approximate surface area is 89.4 Å². The van der Waals surface area contributed by atoms with Gasteiger partial charge >= 0.3 is 0 Å². The summed E-state index contributed by atoms with van der Waals surface area (Å²) in [6, 6.07) is 1.80. The van der Waals surface area contributed by atoms with E-state index >= 15 is 0 Å². The Kier molecular flexibility index (Phi) is 3.34. The highest BCUT2D eigenvalue weighted by atomic mass is 16.5. The quantitative estimate of drug-likeness (QED) is 0.811. The average molecular weight is 208 g/mol. The van der Waals surface area contributed by atoms with Crippen LogP contribution in [0.5, 0.6) is 5.88 Å². The highest BCUT2D eigenvalue weighted by molar-refractivity contribution is 5.35. The third kappa shape index (κ3) is 2.79. The molecule has 1 aromatic heterocycles. The molecule has 1 aliphatic heterocycles. The fourth-order valence-electron chi connectivity index (χ4n) is 1.68. The molecular weight excluding hydrogens is 192 g/mol. The van der Waals surface area contributed by atoms with Gasteiger partial charge in [0.25, 0.3) is 0 Å². The van der Waals surface area contributed by atoms with Gasteiger partial charge in [-0.1, -0.05) is 6.42 Å². The maximum Gasteiger partial charge on any atom is 0.218 e. The molecule has 2 rings (SSSR count). The predicted molar refractivity (Wildman–Crippen MR) is 57.6 cm³/mol. The lowest BCUT2D eigenvalue weighted by molar-refractivity contribution is 0.272. The van der Waals surface area contributed by atoms with Crippen molar-refractivity contribution in [1.82, 2.24) is 15.0 Å². The number of rotatable bonds is 3. The van der Waals surface area contributed by atoms with Crippen LogP contribution >= 0.6 is 0 Å². The summed E-state index contributed by atoms with van der Waals surface area (Å²) in [5.74, 6) is 1.38. The van der Waals surface area contributed by atoms with Crippen LogP contribution in [0.2, 0.25) is 0 Å². The van der Waals surface area contributed by atoms with Crippen LogP contribution in [0.25, 0.3) is 0 Å². The molecule has 15 heavy (non-hydrogen) atoms. The Morgan fingerprint density at radius 3 is 2.80 bits per heavy atom. The second-order valence-electron chi connectivity index (χ2n) is 3.61. The molecule has 82 valence electrons. The van der Waals surface area contributed by atoms with Gasteiger partial charge in [-0.15, -0.1) is 0 Å². The van der Waals surface area contributed by atoms with E-state index in [2.05, 4.69) is 20.4 Å². The zero-order chi connectivity index (χ0) is 10.5. The molecule has 5 nitrogen and oxygen atoms in total. The van der Waals surface area contributed by atoms with E-state index < -0.39 is 0 Å². The number of hydrogen-bond donors (Lipinski definition) is 1. The van der Waals surface area contributed by atoms with E-state index in [1.807, 2.05) is 0 Å². The van der Waals surface area contributed by atoms with Gasteiger partial charge in [-0.05, 0) is 12.8 Å². The summed E-state index contributed by atoms with van der Waals surface area (Å²) < 4.78 is 5.03. The van der Waals surface area contributed by atoms with Crippen molar-refractivity contribution in [3.05, 3.63) is 12.4 Å². The monoisotopic (exact) mass is 208 g/mol. The standard InChI is InChI=1S/C10H16N4O/c1-15-10-7-9(11-8-12-10)13-14-5-3-2-4-6-14/h7-8H,2-6H2,1H3,(H,11,12,13). The molecule has 0 radical (unpaired) electrons. The number of nitrogens with one attached hydrogen (secondary N) is 1. The summed E-state index contributed by atoms with van der Waals surface area (Å²) in [5, 5.41) is 2.19. The Bertz CT molecular complexity index is 312. The number of nitrogens with zero attached hydrogens (tertiary/aromatic N) is 3. The summed E-state index contributed by atoms with van der Waals surface area (Å²) >= 11 is 0. The Balaban J connectivity index is 1.96. The molecule has 0 aromatic carbocycles. The number of piperidine rings is 1. The predicted octanol–water partition coefficient (Wildman–Crippen LogP) is 1.30. The van der Waals surface area contributed by atoms with E-state index in [-0.39, 0.29) is 0 Å². The summed E-state index contributed by atoms with van der Waals surface area (Å²) in [4.78, 5) is 8.10. The Morgan fingerprint density at radius 2 is 2.07 bits per heavy atom. The van der Waals surface area contributed by atoms with Crippen molar-refractivity contribution in [2.24, 2.45) is 0 Å². The van der Waals surface area contributed by atoms with Crippen molar-refractivity contribution < 1.29 is 4.74 Å². The summed E-state index contributed by atoms with van der Waals surface area (Å²) in [6.45, 7) is 2.15. The highest BCUT2D eigenvalue weighted by Gasteiger charge is 2.10. The largest absolute Gasteiger partial charge is 0.481 e. The third-order valence-electron chi connectivity index (χ3n) is 2.48. The van der Waals surface area contributed by atoms with E-state index in [9.17, 15) is 0 Å². The third-order valence-corrected chi connectivity index (χ3v) is 2.48. The molecule has 1 N–H and O–H groups in total. The molecule has 1 aliphatic rings. The zero-order valence-corrected chi connectivity index (χ0v) is 8.94. The van der Waals surface area contributed by atoms with Gasteiger partial charge in [0.05, 0.1) is 7.11 Å². The van der Waals surface area contributed by atoms with Crippen LogP contribution in [-0.2, 0) is 0 Å². The van der Waals surface area contributed by atoms with E-state index in [0.717, 1.165) is 18.9 Å². The van der Waals surface area contributed by atoms with Gasteiger partial charge in [0.1, 0.15) is 12.1 Å². The average Bonchev–Trinajstić information content (AvgIpc) is 2.31. The first kappa shape index (κ1) is 10.2. The van der Waals surface area contributed by atoms with Gasteiger partial charge in [0.2, 0.25) is 5.88 Å². The lowest BCUT2D eigenvalue weighted by Gasteiger charge is -2.27. The van der Waals surface area contributed by atoms with Crippen molar-refractivity contribution in [3.8, 4) is 5.88 Å². The minimum atomic E-state index is 0.588. The SMILES string of the molecule is COc1cc(NN2CCCCC2)ncn1. The fourth-order valence-corrected chi connectivity index (χ4v) is 1.68. The van der Waals surface area contributed by atoms with Crippen molar-refractivity contribution in [2.75, 3.05) is 25.6 Å². The molecule has 0 atom stereocenters. The smallest absolute Gasteiger partial charge is 0.218 e. The number of hydrogen-bond acceptors (Lipinski definition) is 5. The van der Waals surface area contributed by atoms with Crippen LogP contribution in [0.1, 0.15) is 19.3 Å². The van der Waals surface area contributed by atoms with Gasteiger partial charge in [-0.2, -0.15) is 0 Å². The molecular formula is C10H16N4O. The van der Waals surface area contributed by atoms with Crippen molar-refractivity contribution in [1.29, 1.82) is 0 Å². The van der Waals surface area contributed by atoms with Crippen LogP contribution < -0.4 is 10.2 Å². The molecule has 1 aromatic rings. The van der Waals surface area contributed by atoms with Gasteiger partial charge in [-0.3, -0.25) is 0 Å². The minimum Gasteiger partial charge on any atom is -0.481 e. The van der Waals surface area contributed by atoms with Crippen LogP contribution in [0.4, 0.5) is 5.82 Å². The van der Waals surface area contributed by atoms with Crippen molar-refractivity contribution >= 4 is 5.82 Å². The fraction of sp³-hybridized carbons (Fsp3) is 0.600. The Morgan fingerprint density at radius 1 is 1.27 bits per heavy atom. The lowest BCUT2D eigenvalue weighted by atomic mass is 10.2. The van der Waals surface area contributed by atoms with Crippen LogP contribution in [-0.4, -0.2) is 35.2 Å². The summed E-state index contributed by atoms with van der Waals surface area (Å²) in [7, 11) is 1.60. The first-order valence-electron chi connectivity index (χ1n) is 5.26. The van der Waals surface area contributed by atoms with Gasteiger partial charge in [0.15, 0.2) is 0 Å². The van der Waals surface area contributed by atoms with E-state index in [1.165, 1.54) is 25.6 Å². The normalized spacial score (nSPS) is 17.4. The number of hydrazine groups is 1. The van der Waals surface area contributed by atoms with Crippen molar-refractivity contribution in [3.63, 3.8) is 0 Å². The Hall–Kier alpha value is -1.36. The summed E-state index contributed by atoms with van der Waals surface area (Å²) in [6.07, 6.45) is 5.32. The molecule has 0 unspecified atom stereocenters. The topological polar surface area (TPSA) is 50.3 Å². The van der Waals surface area contributed by atoms with Crippen LogP contribution in [0.15, 0.2) is 12.4 Å². The first-order valence-corrected chi connectivity index (χ1v) is 5.26. The molecule has 2 heterocycles. The minimum absolute atomic E-state index is 0.588. The van der Waals surface area contributed by atoms with E-state index in [4.69, 9.17) is 4.74 Å². The van der Waals surface area contributed by atoms with E-state index in [0.29, 0.717) is 5.88 Å². The molecule has 0 bridgehead atoms. The number of anilines is 1. The molecule has 0 aliphatic carbocycles. The first-order chi connectivity index (χ1) is 7.38. The van der Waals surface area contributed by atoms with Crippen LogP contribution in [0, 0.1) is 0 Å². The second kappa shape index (κ2) is 4.93. The maximum atomic E-state index is 5.03. The number of ether oxygens (including phenoxy) is 1. The van der Waals surface area contributed by atoms with Gasteiger partial charge in [0, 0.05) is 19.2 Å².